The number of anilines is 3. The molecule has 3 rings (SSSR count). The van der Waals surface area contributed by atoms with Crippen molar-refractivity contribution in [3.8, 4) is 0 Å². The van der Waals surface area contributed by atoms with Crippen LogP contribution in [0.5, 0.6) is 0 Å². The predicted molar refractivity (Wildman–Crippen MR) is 108 cm³/mol. The SMILES string of the molecule is CC(=O)c1ccc(NC(=O)c2cncc(Nc3ccc(C)c(Cl)c3)c2)cc1. The number of benzene rings is 2. The molecule has 5 nitrogen and oxygen atoms in total. The van der Waals surface area contributed by atoms with Gasteiger partial charge in [0.1, 0.15) is 0 Å². The molecule has 0 aliphatic carbocycles. The fraction of sp³-hybridized carbons (Fsp3) is 0.0952. The van der Waals surface area contributed by atoms with Gasteiger partial charge in [0, 0.05) is 28.2 Å². The molecule has 0 unspecified atom stereocenters. The Kier molecular flexibility index (Phi) is 5.52. The van der Waals surface area contributed by atoms with E-state index in [1.807, 2.05) is 25.1 Å². The zero-order valence-electron chi connectivity index (χ0n) is 14.9. The molecule has 0 saturated heterocycles. The highest BCUT2D eigenvalue weighted by Crippen LogP contribution is 2.23. The number of halogens is 1. The second-order valence-electron chi connectivity index (χ2n) is 6.14. The van der Waals surface area contributed by atoms with Crippen LogP contribution >= 0.6 is 11.6 Å². The largest absolute Gasteiger partial charge is 0.354 e. The lowest BCUT2D eigenvalue weighted by Crippen LogP contribution is -2.12. The summed E-state index contributed by atoms with van der Waals surface area (Å²) in [5, 5.41) is 6.64. The minimum Gasteiger partial charge on any atom is -0.354 e. The first-order valence-corrected chi connectivity index (χ1v) is 8.71. The lowest BCUT2D eigenvalue weighted by Gasteiger charge is -2.10. The minimum atomic E-state index is -0.288. The quantitative estimate of drug-likeness (QED) is 0.594. The van der Waals surface area contributed by atoms with E-state index in [1.54, 1.807) is 36.5 Å². The van der Waals surface area contributed by atoms with Gasteiger partial charge in [-0.15, -0.1) is 0 Å². The number of carbonyl (C=O) groups excluding carboxylic acids is 2. The summed E-state index contributed by atoms with van der Waals surface area (Å²) >= 11 is 6.14. The number of ketones is 1. The maximum absolute atomic E-state index is 12.5. The van der Waals surface area contributed by atoms with E-state index in [1.165, 1.54) is 13.1 Å². The van der Waals surface area contributed by atoms with Gasteiger partial charge in [-0.1, -0.05) is 17.7 Å². The third-order valence-corrected chi connectivity index (χ3v) is 4.42. The van der Waals surface area contributed by atoms with E-state index in [2.05, 4.69) is 15.6 Å². The first kappa shape index (κ1) is 18.6. The Morgan fingerprint density at radius 3 is 2.26 bits per heavy atom. The molecule has 0 saturated carbocycles. The number of aryl methyl sites for hydroxylation is 1. The lowest BCUT2D eigenvalue weighted by atomic mass is 10.1. The highest BCUT2D eigenvalue weighted by Gasteiger charge is 2.09. The van der Waals surface area contributed by atoms with Gasteiger partial charge in [-0.25, -0.2) is 0 Å². The molecule has 0 aliphatic heterocycles. The Labute approximate surface area is 162 Å². The van der Waals surface area contributed by atoms with Gasteiger partial charge >= 0.3 is 0 Å². The van der Waals surface area contributed by atoms with Gasteiger partial charge in [-0.05, 0) is 61.9 Å². The van der Waals surface area contributed by atoms with E-state index in [0.717, 1.165) is 11.3 Å². The summed E-state index contributed by atoms with van der Waals surface area (Å²) in [6, 6.07) is 14.1. The summed E-state index contributed by atoms with van der Waals surface area (Å²) in [6.45, 7) is 3.43. The Morgan fingerprint density at radius 2 is 1.59 bits per heavy atom. The molecule has 0 aliphatic rings. The fourth-order valence-corrected chi connectivity index (χ4v) is 2.64. The van der Waals surface area contributed by atoms with Crippen LogP contribution in [0.1, 0.15) is 33.2 Å². The van der Waals surface area contributed by atoms with Gasteiger partial charge < -0.3 is 10.6 Å². The molecule has 0 radical (unpaired) electrons. The topological polar surface area (TPSA) is 71.1 Å². The van der Waals surface area contributed by atoms with Crippen LogP contribution in [0.25, 0.3) is 0 Å². The van der Waals surface area contributed by atoms with Gasteiger partial charge in [0.25, 0.3) is 5.91 Å². The van der Waals surface area contributed by atoms with Crippen LogP contribution in [0.2, 0.25) is 5.02 Å². The molecule has 6 heteroatoms. The number of hydrogen-bond donors (Lipinski definition) is 2. The summed E-state index contributed by atoms with van der Waals surface area (Å²) in [5.74, 6) is -0.310. The molecule has 1 aromatic heterocycles. The van der Waals surface area contributed by atoms with Gasteiger partial charge in [0.15, 0.2) is 5.78 Å². The number of carbonyl (C=O) groups is 2. The normalized spacial score (nSPS) is 10.3. The van der Waals surface area contributed by atoms with Crippen LogP contribution < -0.4 is 10.6 Å². The van der Waals surface area contributed by atoms with Crippen molar-refractivity contribution in [3.05, 3.63) is 82.6 Å². The molecular weight excluding hydrogens is 362 g/mol. The van der Waals surface area contributed by atoms with E-state index >= 15 is 0 Å². The Balaban J connectivity index is 1.73. The third-order valence-electron chi connectivity index (χ3n) is 4.01. The fourth-order valence-electron chi connectivity index (χ4n) is 2.46. The van der Waals surface area contributed by atoms with Crippen LogP contribution in [-0.4, -0.2) is 16.7 Å². The molecule has 1 heterocycles. The van der Waals surface area contributed by atoms with E-state index < -0.39 is 0 Å². The number of aromatic nitrogens is 1. The van der Waals surface area contributed by atoms with Crippen molar-refractivity contribution in [2.75, 3.05) is 10.6 Å². The van der Waals surface area contributed by atoms with Crippen molar-refractivity contribution in [1.82, 2.24) is 4.98 Å². The van der Waals surface area contributed by atoms with Crippen molar-refractivity contribution in [2.24, 2.45) is 0 Å². The summed E-state index contributed by atoms with van der Waals surface area (Å²) < 4.78 is 0. The average molecular weight is 380 g/mol. The summed E-state index contributed by atoms with van der Waals surface area (Å²) in [7, 11) is 0. The zero-order chi connectivity index (χ0) is 19.4. The first-order valence-electron chi connectivity index (χ1n) is 8.33. The van der Waals surface area contributed by atoms with Crippen LogP contribution in [0.4, 0.5) is 17.1 Å². The Bertz CT molecular complexity index is 1000. The number of nitrogens with zero attached hydrogens (tertiary/aromatic N) is 1. The second-order valence-corrected chi connectivity index (χ2v) is 6.55. The van der Waals surface area contributed by atoms with E-state index in [4.69, 9.17) is 11.6 Å². The second kappa shape index (κ2) is 8.01. The van der Waals surface area contributed by atoms with Crippen molar-refractivity contribution in [3.63, 3.8) is 0 Å². The van der Waals surface area contributed by atoms with Crippen LogP contribution in [0.3, 0.4) is 0 Å². The standard InChI is InChI=1S/C21H18ClN3O2/c1-13-3-6-18(10-20(13)22)24-19-9-16(11-23-12-19)21(27)25-17-7-4-15(5-8-17)14(2)26/h3-12,24H,1-2H3,(H,25,27). The van der Waals surface area contributed by atoms with Gasteiger partial charge in [-0.3, -0.25) is 14.6 Å². The van der Waals surface area contributed by atoms with E-state index in [0.29, 0.717) is 27.5 Å². The number of hydrogen-bond acceptors (Lipinski definition) is 4. The summed E-state index contributed by atoms with van der Waals surface area (Å²) in [5.41, 5.74) is 4.09. The summed E-state index contributed by atoms with van der Waals surface area (Å²) in [6.07, 6.45) is 3.12. The van der Waals surface area contributed by atoms with Crippen LogP contribution in [0, 0.1) is 6.92 Å². The van der Waals surface area contributed by atoms with Gasteiger partial charge in [0.2, 0.25) is 0 Å². The highest BCUT2D eigenvalue weighted by atomic mass is 35.5. The van der Waals surface area contributed by atoms with Crippen molar-refractivity contribution < 1.29 is 9.59 Å². The Hall–Kier alpha value is -3.18. The van der Waals surface area contributed by atoms with Gasteiger partial charge in [-0.2, -0.15) is 0 Å². The molecule has 136 valence electrons. The first-order chi connectivity index (χ1) is 12.9. The molecule has 2 N–H and O–H groups in total. The maximum Gasteiger partial charge on any atom is 0.257 e. The average Bonchev–Trinajstić information content (AvgIpc) is 2.65. The molecule has 1 amide bonds. The molecule has 27 heavy (non-hydrogen) atoms. The maximum atomic E-state index is 12.5. The lowest BCUT2D eigenvalue weighted by molar-refractivity contribution is 0.101. The van der Waals surface area contributed by atoms with Crippen LogP contribution in [0.15, 0.2) is 60.9 Å². The smallest absolute Gasteiger partial charge is 0.257 e. The van der Waals surface area contributed by atoms with Crippen molar-refractivity contribution in [1.29, 1.82) is 0 Å². The molecular formula is C21H18ClN3O2. The molecule has 0 bridgehead atoms. The molecule has 2 aromatic carbocycles. The van der Waals surface area contributed by atoms with Crippen molar-refractivity contribution in [2.45, 2.75) is 13.8 Å². The number of nitrogens with one attached hydrogen (secondary N) is 2. The number of Topliss-reactive ketones (excluding diaryl/α,β-unsaturated/α-hetero) is 1. The predicted octanol–water partition coefficient (Wildman–Crippen LogP) is 5.24. The highest BCUT2D eigenvalue weighted by molar-refractivity contribution is 6.31. The molecule has 3 aromatic rings. The number of rotatable bonds is 5. The number of amides is 1. The monoisotopic (exact) mass is 379 g/mol. The Morgan fingerprint density at radius 1 is 0.889 bits per heavy atom. The number of pyridine rings is 1. The van der Waals surface area contributed by atoms with E-state index in [9.17, 15) is 9.59 Å². The van der Waals surface area contributed by atoms with Crippen LogP contribution in [-0.2, 0) is 0 Å². The van der Waals surface area contributed by atoms with Crippen molar-refractivity contribution >= 4 is 40.4 Å². The summed E-state index contributed by atoms with van der Waals surface area (Å²) in [4.78, 5) is 27.9. The zero-order valence-corrected chi connectivity index (χ0v) is 15.7. The molecule has 0 spiro atoms. The minimum absolute atomic E-state index is 0.0212. The third kappa shape index (κ3) is 4.71. The molecule has 0 fully saturated rings. The van der Waals surface area contributed by atoms with Gasteiger partial charge in [0.05, 0.1) is 17.4 Å². The molecule has 0 atom stereocenters. The van der Waals surface area contributed by atoms with E-state index in [-0.39, 0.29) is 11.7 Å².